The van der Waals surface area contributed by atoms with E-state index >= 15 is 0 Å². The first-order chi connectivity index (χ1) is 12.6. The fourth-order valence-electron chi connectivity index (χ4n) is 3.10. The van der Waals surface area contributed by atoms with E-state index in [2.05, 4.69) is 0 Å². The number of ketones is 1. The summed E-state index contributed by atoms with van der Waals surface area (Å²) in [5.74, 6) is -2.39. The van der Waals surface area contributed by atoms with Gasteiger partial charge in [-0.2, -0.15) is 0 Å². The Kier molecular flexibility index (Phi) is 4.82. The van der Waals surface area contributed by atoms with Gasteiger partial charge in [0.2, 0.25) is 0 Å². The van der Waals surface area contributed by atoms with Crippen molar-refractivity contribution >= 4 is 29.0 Å². The van der Waals surface area contributed by atoms with Gasteiger partial charge in [-0.25, -0.2) is 4.39 Å². The lowest BCUT2D eigenvalue weighted by Gasteiger charge is -2.29. The molecule has 2 aromatic carbocycles. The number of aliphatic hydroxyl groups excluding tert-OH is 1. The molecule has 1 aliphatic heterocycles. The lowest BCUT2D eigenvalue weighted by molar-refractivity contribution is -0.123. The summed E-state index contributed by atoms with van der Waals surface area (Å²) in [6.07, 6.45) is 0. The summed E-state index contributed by atoms with van der Waals surface area (Å²) >= 11 is 5.92. The summed E-state index contributed by atoms with van der Waals surface area (Å²) in [7, 11) is 0. The highest BCUT2D eigenvalue weighted by Gasteiger charge is 2.47. The SMILES string of the molecule is CC(C)(C)C(=O)C1=C(O)C(=O)N(c2ccc(Cl)cc2)C1c1ccccc1F. The van der Waals surface area contributed by atoms with Crippen molar-refractivity contribution in [1.29, 1.82) is 0 Å². The third-order valence-electron chi connectivity index (χ3n) is 4.44. The molecule has 2 aromatic rings. The van der Waals surface area contributed by atoms with Crippen LogP contribution in [0.15, 0.2) is 59.9 Å². The van der Waals surface area contributed by atoms with Crippen LogP contribution in [0.2, 0.25) is 5.02 Å². The van der Waals surface area contributed by atoms with Crippen LogP contribution in [0.25, 0.3) is 0 Å². The summed E-state index contributed by atoms with van der Waals surface area (Å²) in [6.45, 7) is 5.05. The van der Waals surface area contributed by atoms with Gasteiger partial charge in [0.25, 0.3) is 5.91 Å². The van der Waals surface area contributed by atoms with Crippen molar-refractivity contribution in [3.8, 4) is 0 Å². The van der Waals surface area contributed by atoms with E-state index in [0.717, 1.165) is 0 Å². The van der Waals surface area contributed by atoms with E-state index in [0.29, 0.717) is 10.7 Å². The largest absolute Gasteiger partial charge is 0.503 e. The molecule has 27 heavy (non-hydrogen) atoms. The maximum absolute atomic E-state index is 14.6. The second-order valence-electron chi connectivity index (χ2n) is 7.42. The Hall–Kier alpha value is -2.66. The van der Waals surface area contributed by atoms with E-state index in [1.807, 2.05) is 0 Å². The van der Waals surface area contributed by atoms with Gasteiger partial charge >= 0.3 is 0 Å². The van der Waals surface area contributed by atoms with Gasteiger partial charge in [0, 0.05) is 21.7 Å². The van der Waals surface area contributed by atoms with Gasteiger partial charge in [-0.3, -0.25) is 14.5 Å². The van der Waals surface area contributed by atoms with Gasteiger partial charge in [-0.15, -0.1) is 0 Å². The molecule has 3 rings (SSSR count). The molecule has 1 atom stereocenters. The van der Waals surface area contributed by atoms with Crippen LogP contribution in [0.3, 0.4) is 0 Å². The second-order valence-corrected chi connectivity index (χ2v) is 7.85. The molecule has 0 saturated carbocycles. The van der Waals surface area contributed by atoms with Crippen LogP contribution in [0.5, 0.6) is 0 Å². The highest BCUT2D eigenvalue weighted by atomic mass is 35.5. The quantitative estimate of drug-likeness (QED) is 0.806. The molecule has 1 N–H and O–H groups in total. The summed E-state index contributed by atoms with van der Waals surface area (Å²) in [5.41, 5.74) is -0.422. The van der Waals surface area contributed by atoms with Crippen LogP contribution in [-0.4, -0.2) is 16.8 Å². The average molecular weight is 388 g/mol. The molecule has 0 saturated heterocycles. The summed E-state index contributed by atoms with van der Waals surface area (Å²) < 4.78 is 14.6. The van der Waals surface area contributed by atoms with Gasteiger partial charge < -0.3 is 5.11 Å². The molecule has 1 unspecified atom stereocenters. The first-order valence-electron chi connectivity index (χ1n) is 8.44. The number of Topliss-reactive ketones (excluding diaryl/α,β-unsaturated/α-hetero) is 1. The molecule has 1 amide bonds. The van der Waals surface area contributed by atoms with E-state index in [4.69, 9.17) is 11.6 Å². The zero-order chi connectivity index (χ0) is 19.9. The molecule has 140 valence electrons. The van der Waals surface area contributed by atoms with Gasteiger partial charge in [-0.05, 0) is 30.3 Å². The number of halogens is 2. The molecule has 0 bridgehead atoms. The molecule has 0 fully saturated rings. The van der Waals surface area contributed by atoms with Crippen molar-refractivity contribution in [3.63, 3.8) is 0 Å². The summed E-state index contributed by atoms with van der Waals surface area (Å²) in [4.78, 5) is 27.1. The predicted molar refractivity (Wildman–Crippen MR) is 102 cm³/mol. The van der Waals surface area contributed by atoms with Crippen LogP contribution >= 0.6 is 11.6 Å². The van der Waals surface area contributed by atoms with E-state index < -0.39 is 34.7 Å². The Balaban J connectivity index is 2.23. The van der Waals surface area contributed by atoms with E-state index in [9.17, 15) is 19.1 Å². The normalized spacial score (nSPS) is 17.6. The topological polar surface area (TPSA) is 57.6 Å². The number of carbonyl (C=O) groups excluding carboxylic acids is 2. The molecule has 1 heterocycles. The van der Waals surface area contributed by atoms with E-state index in [-0.39, 0.29) is 11.1 Å². The predicted octanol–water partition coefficient (Wildman–Crippen LogP) is 4.99. The van der Waals surface area contributed by atoms with Crippen LogP contribution in [-0.2, 0) is 9.59 Å². The Morgan fingerprint density at radius 2 is 1.70 bits per heavy atom. The third-order valence-corrected chi connectivity index (χ3v) is 4.69. The molecular formula is C21H19ClFNO3. The Morgan fingerprint density at radius 1 is 1.11 bits per heavy atom. The number of benzene rings is 2. The number of aliphatic hydroxyl groups is 1. The zero-order valence-corrected chi connectivity index (χ0v) is 15.9. The zero-order valence-electron chi connectivity index (χ0n) is 15.2. The minimum absolute atomic E-state index is 0.104. The van der Waals surface area contributed by atoms with Crippen LogP contribution in [0.4, 0.5) is 10.1 Å². The van der Waals surface area contributed by atoms with Gasteiger partial charge in [0.05, 0.1) is 11.6 Å². The highest BCUT2D eigenvalue weighted by Crippen LogP contribution is 2.44. The van der Waals surface area contributed by atoms with Gasteiger partial charge in [0.1, 0.15) is 5.82 Å². The minimum Gasteiger partial charge on any atom is -0.503 e. The van der Waals surface area contributed by atoms with E-state index in [1.165, 1.54) is 23.1 Å². The smallest absolute Gasteiger partial charge is 0.294 e. The lowest BCUT2D eigenvalue weighted by Crippen LogP contribution is -2.33. The standard InChI is InChI=1S/C21H19ClFNO3/c1-21(2,3)19(26)16-17(14-6-4-5-7-15(14)23)24(20(27)18(16)25)13-10-8-12(22)9-11-13/h4-11,17,25H,1-3H3. The van der Waals surface area contributed by atoms with Crippen LogP contribution in [0, 0.1) is 11.2 Å². The first kappa shape index (κ1) is 19.1. The molecular weight excluding hydrogens is 369 g/mol. The fourth-order valence-corrected chi connectivity index (χ4v) is 3.23. The van der Waals surface area contributed by atoms with E-state index in [1.54, 1.807) is 51.1 Å². The van der Waals surface area contributed by atoms with Crippen molar-refractivity contribution in [3.05, 3.63) is 76.3 Å². The molecule has 6 heteroatoms. The number of hydrogen-bond acceptors (Lipinski definition) is 3. The van der Waals surface area contributed by atoms with Crippen molar-refractivity contribution in [2.75, 3.05) is 4.90 Å². The molecule has 0 spiro atoms. The third kappa shape index (κ3) is 3.35. The van der Waals surface area contributed by atoms with Gasteiger partial charge in [0.15, 0.2) is 11.5 Å². The van der Waals surface area contributed by atoms with Gasteiger partial charge in [-0.1, -0.05) is 50.6 Å². The number of rotatable bonds is 3. The number of hydrogen-bond donors (Lipinski definition) is 1. The van der Waals surface area contributed by atoms with Crippen molar-refractivity contribution in [1.82, 2.24) is 0 Å². The summed E-state index contributed by atoms with van der Waals surface area (Å²) in [5, 5.41) is 11.0. The lowest BCUT2D eigenvalue weighted by atomic mass is 9.82. The molecule has 0 aliphatic carbocycles. The number of anilines is 1. The Morgan fingerprint density at radius 3 is 2.26 bits per heavy atom. The molecule has 1 aliphatic rings. The van der Waals surface area contributed by atoms with Crippen molar-refractivity contribution < 1.29 is 19.1 Å². The number of carbonyl (C=O) groups is 2. The fraction of sp³-hybridized carbons (Fsp3) is 0.238. The average Bonchev–Trinajstić information content (AvgIpc) is 2.86. The van der Waals surface area contributed by atoms with Crippen molar-refractivity contribution in [2.24, 2.45) is 5.41 Å². The monoisotopic (exact) mass is 387 g/mol. The van der Waals surface area contributed by atoms with Crippen molar-refractivity contribution in [2.45, 2.75) is 26.8 Å². The Labute approximate surface area is 161 Å². The molecule has 4 nitrogen and oxygen atoms in total. The Bertz CT molecular complexity index is 945. The number of amides is 1. The second kappa shape index (κ2) is 6.82. The van der Waals surface area contributed by atoms with Crippen LogP contribution < -0.4 is 4.90 Å². The summed E-state index contributed by atoms with van der Waals surface area (Å²) in [6, 6.07) is 11.2. The first-order valence-corrected chi connectivity index (χ1v) is 8.82. The molecule has 0 aromatic heterocycles. The number of nitrogens with zero attached hydrogens (tertiary/aromatic N) is 1. The van der Waals surface area contributed by atoms with Crippen LogP contribution in [0.1, 0.15) is 32.4 Å². The molecule has 0 radical (unpaired) electrons. The maximum atomic E-state index is 14.6. The highest BCUT2D eigenvalue weighted by molar-refractivity contribution is 6.30. The maximum Gasteiger partial charge on any atom is 0.294 e. The minimum atomic E-state index is -1.06.